The second-order valence-corrected chi connectivity index (χ2v) is 7.20. The van der Waals surface area contributed by atoms with Gasteiger partial charge in [0.05, 0.1) is 24.3 Å². The van der Waals surface area contributed by atoms with E-state index >= 15 is 0 Å². The number of nitrogens with zero attached hydrogens (tertiary/aromatic N) is 2. The Labute approximate surface area is 169 Å². The molecule has 0 atom stereocenters. The minimum atomic E-state index is -0.344. The van der Waals surface area contributed by atoms with Crippen LogP contribution in [-0.4, -0.2) is 55.5 Å². The van der Waals surface area contributed by atoms with Crippen molar-refractivity contribution in [3.05, 3.63) is 59.2 Å². The average Bonchev–Trinajstić information content (AvgIpc) is 2.99. The fourth-order valence-electron chi connectivity index (χ4n) is 3.63. The quantitative estimate of drug-likeness (QED) is 0.790. The van der Waals surface area contributed by atoms with E-state index < -0.39 is 0 Å². The predicted molar refractivity (Wildman–Crippen MR) is 109 cm³/mol. The van der Waals surface area contributed by atoms with Crippen LogP contribution < -0.4 is 10.2 Å². The fraction of sp³-hybridized carbons (Fsp3) is 0.318. The minimum Gasteiger partial charge on any atom is -0.378 e. The van der Waals surface area contributed by atoms with Crippen LogP contribution >= 0.6 is 0 Å². The van der Waals surface area contributed by atoms with Crippen LogP contribution in [0.5, 0.6) is 0 Å². The molecule has 7 heteroatoms. The normalized spacial score (nSPS) is 16.2. The zero-order valence-electron chi connectivity index (χ0n) is 16.3. The van der Waals surface area contributed by atoms with Crippen LogP contribution in [0.2, 0.25) is 0 Å². The standard InChI is InChI=1S/C22H23N3O4/c1-15-6-7-16(24-10-12-29-13-11-24)14-19(15)23-20(26)8-9-25-21(27)17-4-2-3-5-18(17)22(25)28/h2-7,14H,8-13H2,1H3,(H,23,26). The molecule has 0 unspecified atom stereocenters. The molecule has 2 heterocycles. The topological polar surface area (TPSA) is 79.0 Å². The molecule has 0 bridgehead atoms. The van der Waals surface area contributed by atoms with Gasteiger partial charge >= 0.3 is 0 Å². The molecule has 4 rings (SSSR count). The van der Waals surface area contributed by atoms with Gasteiger partial charge in [0.15, 0.2) is 0 Å². The number of fused-ring (bicyclic) bond motifs is 1. The Hall–Kier alpha value is -3.19. The molecule has 7 nitrogen and oxygen atoms in total. The highest BCUT2D eigenvalue weighted by molar-refractivity contribution is 6.21. The minimum absolute atomic E-state index is 0.0483. The van der Waals surface area contributed by atoms with Crippen molar-refractivity contribution in [2.45, 2.75) is 13.3 Å². The molecule has 0 aromatic heterocycles. The first-order valence-corrected chi connectivity index (χ1v) is 9.73. The van der Waals surface area contributed by atoms with Crippen molar-refractivity contribution in [3.63, 3.8) is 0 Å². The van der Waals surface area contributed by atoms with Crippen LogP contribution in [0.15, 0.2) is 42.5 Å². The van der Waals surface area contributed by atoms with E-state index in [1.165, 1.54) is 0 Å². The lowest BCUT2D eigenvalue weighted by Gasteiger charge is -2.29. The molecule has 150 valence electrons. The summed E-state index contributed by atoms with van der Waals surface area (Å²) in [5, 5.41) is 2.92. The van der Waals surface area contributed by atoms with E-state index in [0.29, 0.717) is 24.3 Å². The zero-order valence-corrected chi connectivity index (χ0v) is 16.3. The Morgan fingerprint density at radius 2 is 1.69 bits per heavy atom. The number of amides is 3. The second-order valence-electron chi connectivity index (χ2n) is 7.20. The highest BCUT2D eigenvalue weighted by Gasteiger charge is 2.34. The maximum atomic E-state index is 12.5. The van der Waals surface area contributed by atoms with Crippen molar-refractivity contribution in [1.82, 2.24) is 4.90 Å². The molecule has 1 fully saturated rings. The molecule has 29 heavy (non-hydrogen) atoms. The SMILES string of the molecule is Cc1ccc(N2CCOCC2)cc1NC(=O)CCN1C(=O)c2ccccc2C1=O. The highest BCUT2D eigenvalue weighted by atomic mass is 16.5. The molecule has 0 saturated carbocycles. The first-order valence-electron chi connectivity index (χ1n) is 9.73. The van der Waals surface area contributed by atoms with Gasteiger partial charge < -0.3 is 15.0 Å². The fourth-order valence-corrected chi connectivity index (χ4v) is 3.63. The van der Waals surface area contributed by atoms with Gasteiger partial charge in [0.25, 0.3) is 11.8 Å². The van der Waals surface area contributed by atoms with Crippen LogP contribution in [0.25, 0.3) is 0 Å². The number of benzene rings is 2. The summed E-state index contributed by atoms with van der Waals surface area (Å²) < 4.78 is 5.39. The first kappa shape index (κ1) is 19.1. The second kappa shape index (κ2) is 8.05. The third-order valence-corrected chi connectivity index (χ3v) is 5.31. The van der Waals surface area contributed by atoms with Crippen LogP contribution in [0.3, 0.4) is 0 Å². The number of anilines is 2. The summed E-state index contributed by atoms with van der Waals surface area (Å²) in [5.74, 6) is -0.920. The Bertz CT molecular complexity index is 931. The molecular formula is C22H23N3O4. The summed E-state index contributed by atoms with van der Waals surface area (Å²) in [7, 11) is 0. The summed E-state index contributed by atoms with van der Waals surface area (Å²) >= 11 is 0. The van der Waals surface area contributed by atoms with Gasteiger partial charge in [-0.3, -0.25) is 19.3 Å². The third kappa shape index (κ3) is 3.86. The number of nitrogens with one attached hydrogen (secondary N) is 1. The molecule has 0 aliphatic carbocycles. The molecule has 2 aliphatic heterocycles. The van der Waals surface area contributed by atoms with Gasteiger partial charge in [-0.05, 0) is 36.8 Å². The van der Waals surface area contributed by atoms with E-state index in [0.717, 1.165) is 34.9 Å². The number of imide groups is 1. The largest absolute Gasteiger partial charge is 0.378 e. The molecule has 2 aliphatic rings. The number of carbonyl (C=O) groups excluding carboxylic acids is 3. The number of hydrogen-bond acceptors (Lipinski definition) is 5. The molecule has 0 spiro atoms. The molecule has 2 aromatic rings. The van der Waals surface area contributed by atoms with Gasteiger partial charge in [-0.1, -0.05) is 18.2 Å². The maximum absolute atomic E-state index is 12.5. The molecule has 3 amide bonds. The van der Waals surface area contributed by atoms with Gasteiger partial charge in [0, 0.05) is 37.4 Å². The molecule has 1 saturated heterocycles. The molecule has 1 N–H and O–H groups in total. The Morgan fingerprint density at radius 1 is 1.03 bits per heavy atom. The predicted octanol–water partition coefficient (Wildman–Crippen LogP) is 2.46. The lowest BCUT2D eigenvalue weighted by atomic mass is 10.1. The Kier molecular flexibility index (Phi) is 5.31. The van der Waals surface area contributed by atoms with Gasteiger partial charge in [-0.2, -0.15) is 0 Å². The Balaban J connectivity index is 1.39. The van der Waals surface area contributed by atoms with E-state index in [1.54, 1.807) is 24.3 Å². The number of hydrogen-bond donors (Lipinski definition) is 1. The van der Waals surface area contributed by atoms with Gasteiger partial charge in [0.2, 0.25) is 5.91 Å². The average molecular weight is 393 g/mol. The summed E-state index contributed by atoms with van der Waals surface area (Å²) in [6.07, 6.45) is 0.0483. The summed E-state index contributed by atoms with van der Waals surface area (Å²) in [6, 6.07) is 12.7. The van der Waals surface area contributed by atoms with Crippen LogP contribution in [-0.2, 0) is 9.53 Å². The third-order valence-electron chi connectivity index (χ3n) is 5.31. The smallest absolute Gasteiger partial charge is 0.261 e. The van der Waals surface area contributed by atoms with Crippen molar-refractivity contribution in [3.8, 4) is 0 Å². The van der Waals surface area contributed by atoms with Crippen molar-refractivity contribution in [1.29, 1.82) is 0 Å². The van der Waals surface area contributed by atoms with Crippen molar-refractivity contribution in [2.24, 2.45) is 0 Å². The van der Waals surface area contributed by atoms with Gasteiger partial charge in [-0.15, -0.1) is 0 Å². The van der Waals surface area contributed by atoms with E-state index in [-0.39, 0.29) is 30.7 Å². The molecular weight excluding hydrogens is 370 g/mol. The number of morpholine rings is 1. The monoisotopic (exact) mass is 393 g/mol. The first-order chi connectivity index (χ1) is 14.0. The molecule has 0 radical (unpaired) electrons. The summed E-state index contributed by atoms with van der Waals surface area (Å²) in [6.45, 7) is 5.00. The number of rotatable bonds is 5. The maximum Gasteiger partial charge on any atom is 0.261 e. The number of aryl methyl sites for hydroxylation is 1. The van der Waals surface area contributed by atoms with E-state index in [1.807, 2.05) is 25.1 Å². The van der Waals surface area contributed by atoms with Crippen LogP contribution in [0.1, 0.15) is 32.7 Å². The summed E-state index contributed by atoms with van der Waals surface area (Å²) in [5.41, 5.74) is 3.52. The van der Waals surface area contributed by atoms with Crippen molar-refractivity contribution < 1.29 is 19.1 Å². The lowest BCUT2D eigenvalue weighted by molar-refractivity contribution is -0.116. The van der Waals surface area contributed by atoms with E-state index in [4.69, 9.17) is 4.74 Å². The van der Waals surface area contributed by atoms with Gasteiger partial charge in [-0.25, -0.2) is 0 Å². The highest BCUT2D eigenvalue weighted by Crippen LogP contribution is 2.25. The van der Waals surface area contributed by atoms with Crippen LogP contribution in [0, 0.1) is 6.92 Å². The van der Waals surface area contributed by atoms with E-state index in [9.17, 15) is 14.4 Å². The van der Waals surface area contributed by atoms with Crippen molar-refractivity contribution in [2.75, 3.05) is 43.1 Å². The number of ether oxygens (including phenoxy) is 1. The van der Waals surface area contributed by atoms with E-state index in [2.05, 4.69) is 10.2 Å². The zero-order chi connectivity index (χ0) is 20.4. The van der Waals surface area contributed by atoms with Crippen LogP contribution in [0.4, 0.5) is 11.4 Å². The number of carbonyl (C=O) groups is 3. The molecule has 2 aromatic carbocycles. The van der Waals surface area contributed by atoms with Gasteiger partial charge in [0.1, 0.15) is 0 Å². The summed E-state index contributed by atoms with van der Waals surface area (Å²) in [4.78, 5) is 40.7. The Morgan fingerprint density at radius 3 is 2.34 bits per heavy atom. The van der Waals surface area contributed by atoms with Crippen molar-refractivity contribution >= 4 is 29.1 Å². The lowest BCUT2D eigenvalue weighted by Crippen LogP contribution is -2.36.